The Hall–Kier alpha value is -1.40. The van der Waals surface area contributed by atoms with E-state index in [-0.39, 0.29) is 0 Å². The van der Waals surface area contributed by atoms with E-state index in [2.05, 4.69) is 27.8 Å². The molecule has 1 aliphatic carbocycles. The summed E-state index contributed by atoms with van der Waals surface area (Å²) in [6.07, 6.45) is 5.37. The van der Waals surface area contributed by atoms with Crippen LogP contribution < -0.4 is 5.32 Å². The molecule has 0 aliphatic heterocycles. The van der Waals surface area contributed by atoms with E-state index in [0.29, 0.717) is 11.3 Å². The van der Waals surface area contributed by atoms with Gasteiger partial charge in [-0.15, -0.1) is 5.10 Å². The van der Waals surface area contributed by atoms with Crippen LogP contribution in [0, 0.1) is 0 Å². The van der Waals surface area contributed by atoms with Gasteiger partial charge < -0.3 is 5.32 Å². The van der Waals surface area contributed by atoms with Crippen LogP contribution in [0.15, 0.2) is 35.5 Å². The van der Waals surface area contributed by atoms with Crippen molar-refractivity contribution in [3.05, 3.63) is 30.3 Å². The van der Waals surface area contributed by atoms with Crippen molar-refractivity contribution < 1.29 is 0 Å². The van der Waals surface area contributed by atoms with Crippen LogP contribution in [0.1, 0.15) is 32.6 Å². The lowest BCUT2D eigenvalue weighted by molar-refractivity contribution is 0.527. The van der Waals surface area contributed by atoms with Crippen molar-refractivity contribution in [3.63, 3.8) is 0 Å². The number of nitrogens with zero attached hydrogens (tertiary/aromatic N) is 4. The smallest absolute Gasteiger partial charge is 0.214 e. The fourth-order valence-corrected chi connectivity index (χ4v) is 3.53. The first-order chi connectivity index (χ1) is 10.3. The Morgan fingerprint density at radius 3 is 2.81 bits per heavy atom. The average molecular weight is 303 g/mol. The quantitative estimate of drug-likeness (QED) is 0.832. The molecule has 0 amide bonds. The van der Waals surface area contributed by atoms with Gasteiger partial charge in [0.15, 0.2) is 0 Å². The number of benzene rings is 1. The predicted octanol–water partition coefficient (Wildman–Crippen LogP) is 2.68. The summed E-state index contributed by atoms with van der Waals surface area (Å²) in [5.74, 6) is 0. The molecule has 0 radical (unpaired) electrons. The van der Waals surface area contributed by atoms with Crippen LogP contribution in [0.2, 0.25) is 0 Å². The van der Waals surface area contributed by atoms with Gasteiger partial charge in [-0.2, -0.15) is 4.68 Å². The molecular weight excluding hydrogens is 282 g/mol. The third-order valence-corrected chi connectivity index (χ3v) is 4.83. The van der Waals surface area contributed by atoms with E-state index < -0.39 is 0 Å². The van der Waals surface area contributed by atoms with Gasteiger partial charge in [0.25, 0.3) is 0 Å². The van der Waals surface area contributed by atoms with Crippen molar-refractivity contribution in [2.45, 2.75) is 49.1 Å². The summed E-state index contributed by atoms with van der Waals surface area (Å²) in [6, 6.07) is 10.7. The minimum atomic E-state index is 0.444. The van der Waals surface area contributed by atoms with E-state index in [1.165, 1.54) is 25.7 Å². The Morgan fingerprint density at radius 2 is 2.05 bits per heavy atom. The topological polar surface area (TPSA) is 55.6 Å². The van der Waals surface area contributed by atoms with Gasteiger partial charge in [-0.05, 0) is 35.4 Å². The summed E-state index contributed by atoms with van der Waals surface area (Å²) in [6.45, 7) is 3.22. The highest BCUT2D eigenvalue weighted by molar-refractivity contribution is 7.99. The van der Waals surface area contributed by atoms with Crippen molar-refractivity contribution in [3.8, 4) is 5.69 Å². The molecule has 5 nitrogen and oxygen atoms in total. The Labute approximate surface area is 129 Å². The van der Waals surface area contributed by atoms with Crippen LogP contribution in [0.25, 0.3) is 5.69 Å². The van der Waals surface area contributed by atoms with E-state index >= 15 is 0 Å². The Balaban J connectivity index is 1.58. The van der Waals surface area contributed by atoms with Gasteiger partial charge in [0.05, 0.1) is 5.69 Å². The van der Waals surface area contributed by atoms with E-state index in [9.17, 15) is 0 Å². The molecule has 3 rings (SSSR count). The molecule has 1 heterocycles. The lowest BCUT2D eigenvalue weighted by atomic mass is 10.2. The number of hydrogen-bond acceptors (Lipinski definition) is 5. The summed E-state index contributed by atoms with van der Waals surface area (Å²) in [4.78, 5) is 0. The van der Waals surface area contributed by atoms with Gasteiger partial charge >= 0.3 is 0 Å². The molecule has 0 spiro atoms. The highest BCUT2D eigenvalue weighted by Gasteiger charge is 2.17. The minimum Gasteiger partial charge on any atom is -0.313 e. The third kappa shape index (κ3) is 3.83. The molecule has 1 aromatic carbocycles. The number of tetrazole rings is 1. The molecule has 1 unspecified atom stereocenters. The number of nitrogens with one attached hydrogen (secondary N) is 1. The van der Waals surface area contributed by atoms with E-state index in [4.69, 9.17) is 0 Å². The van der Waals surface area contributed by atoms with Crippen molar-refractivity contribution in [2.75, 3.05) is 6.54 Å². The fourth-order valence-electron chi connectivity index (χ4n) is 2.67. The maximum Gasteiger partial charge on any atom is 0.214 e. The van der Waals surface area contributed by atoms with E-state index in [1.54, 1.807) is 16.4 Å². The van der Waals surface area contributed by atoms with Crippen molar-refractivity contribution >= 4 is 11.8 Å². The summed E-state index contributed by atoms with van der Waals surface area (Å²) in [5, 5.41) is 17.0. The first-order valence-corrected chi connectivity index (χ1v) is 8.45. The number of hydrogen-bond donors (Lipinski definition) is 1. The predicted molar refractivity (Wildman–Crippen MR) is 84.7 cm³/mol. The second-order valence-electron chi connectivity index (χ2n) is 5.53. The lowest BCUT2D eigenvalue weighted by Crippen LogP contribution is -2.31. The highest BCUT2D eigenvalue weighted by atomic mass is 32.2. The van der Waals surface area contributed by atoms with Crippen molar-refractivity contribution in [1.29, 1.82) is 0 Å². The average Bonchev–Trinajstić information content (AvgIpc) is 3.17. The molecule has 1 aliphatic rings. The SMILES string of the molecule is CC(CNC1CCCC1)Sc1nnnn1-c1ccccc1. The molecule has 112 valence electrons. The van der Waals surface area contributed by atoms with Gasteiger partial charge in [-0.3, -0.25) is 0 Å². The van der Waals surface area contributed by atoms with E-state index in [1.807, 2.05) is 30.3 Å². The lowest BCUT2D eigenvalue weighted by Gasteiger charge is -2.16. The monoisotopic (exact) mass is 303 g/mol. The van der Waals surface area contributed by atoms with Crippen LogP contribution in [0.3, 0.4) is 0 Å². The summed E-state index contributed by atoms with van der Waals surface area (Å²) in [7, 11) is 0. The molecule has 0 saturated heterocycles. The van der Waals surface area contributed by atoms with Crippen molar-refractivity contribution in [2.24, 2.45) is 0 Å². The summed E-state index contributed by atoms with van der Waals surface area (Å²) < 4.78 is 1.80. The molecule has 1 aromatic heterocycles. The molecule has 1 fully saturated rings. The van der Waals surface area contributed by atoms with Gasteiger partial charge in [-0.1, -0.05) is 49.7 Å². The maximum absolute atomic E-state index is 4.15. The minimum absolute atomic E-state index is 0.444. The van der Waals surface area contributed by atoms with Gasteiger partial charge in [-0.25, -0.2) is 0 Å². The number of aromatic nitrogens is 4. The van der Waals surface area contributed by atoms with Crippen LogP contribution in [0.4, 0.5) is 0 Å². The Kier molecular flexibility index (Phi) is 4.87. The first kappa shape index (κ1) is 14.5. The molecule has 21 heavy (non-hydrogen) atoms. The second-order valence-corrected chi connectivity index (χ2v) is 6.93. The zero-order chi connectivity index (χ0) is 14.5. The summed E-state index contributed by atoms with van der Waals surface area (Å²) >= 11 is 1.72. The molecule has 1 N–H and O–H groups in total. The normalized spacial score (nSPS) is 17.2. The zero-order valence-electron chi connectivity index (χ0n) is 12.3. The molecule has 1 saturated carbocycles. The zero-order valence-corrected chi connectivity index (χ0v) is 13.1. The van der Waals surface area contributed by atoms with Crippen LogP contribution >= 0.6 is 11.8 Å². The second kappa shape index (κ2) is 7.04. The highest BCUT2D eigenvalue weighted by Crippen LogP contribution is 2.23. The van der Waals surface area contributed by atoms with Gasteiger partial charge in [0.1, 0.15) is 0 Å². The molecule has 6 heteroatoms. The third-order valence-electron chi connectivity index (χ3n) is 3.80. The number of thioether (sulfide) groups is 1. The number of rotatable bonds is 6. The Morgan fingerprint density at radius 1 is 1.29 bits per heavy atom. The van der Waals surface area contributed by atoms with Crippen LogP contribution in [0.5, 0.6) is 0 Å². The molecular formula is C15H21N5S. The largest absolute Gasteiger partial charge is 0.313 e. The molecule has 1 atom stereocenters. The number of para-hydroxylation sites is 1. The van der Waals surface area contributed by atoms with Crippen molar-refractivity contribution in [1.82, 2.24) is 25.5 Å². The first-order valence-electron chi connectivity index (χ1n) is 7.57. The standard InChI is InChI=1S/C15H21N5S/c1-12(11-16-13-7-5-6-8-13)21-15-17-18-19-20(15)14-9-3-2-4-10-14/h2-4,9-10,12-13,16H,5-8,11H2,1H3. The maximum atomic E-state index is 4.15. The van der Waals surface area contributed by atoms with Gasteiger partial charge in [0, 0.05) is 17.8 Å². The van der Waals surface area contributed by atoms with E-state index in [0.717, 1.165) is 17.4 Å². The van der Waals surface area contributed by atoms with Gasteiger partial charge in [0.2, 0.25) is 5.16 Å². The molecule has 2 aromatic rings. The van der Waals surface area contributed by atoms with Crippen LogP contribution in [-0.4, -0.2) is 38.0 Å². The molecule has 0 bridgehead atoms. The summed E-state index contributed by atoms with van der Waals surface area (Å²) in [5.41, 5.74) is 1.00. The Bertz CT molecular complexity index is 550. The fraction of sp³-hybridized carbons (Fsp3) is 0.533. The van der Waals surface area contributed by atoms with Crippen LogP contribution in [-0.2, 0) is 0 Å².